The van der Waals surface area contributed by atoms with Gasteiger partial charge in [0.25, 0.3) is 0 Å². The number of rotatable bonds is 6. The second-order valence-electron chi connectivity index (χ2n) is 3.75. The van der Waals surface area contributed by atoms with Crippen LogP contribution in [0.3, 0.4) is 0 Å². The summed E-state index contributed by atoms with van der Waals surface area (Å²) in [7, 11) is 1.54. The average molecular weight is 254 g/mol. The van der Waals surface area contributed by atoms with Gasteiger partial charge in [-0.1, -0.05) is 6.07 Å². The van der Waals surface area contributed by atoms with Crippen molar-refractivity contribution in [3.05, 3.63) is 35.7 Å². The van der Waals surface area contributed by atoms with E-state index in [4.69, 9.17) is 14.6 Å². The lowest BCUT2D eigenvalue weighted by Gasteiger charge is -2.14. The largest absolute Gasteiger partial charge is 0.485 e. The Hall–Kier alpha value is -1.88. The molecule has 0 aliphatic rings. The van der Waals surface area contributed by atoms with Crippen LogP contribution in [0, 0.1) is 5.82 Å². The van der Waals surface area contributed by atoms with E-state index in [0.717, 1.165) is 6.08 Å². The maximum Gasteiger partial charge on any atom is 0.328 e. The monoisotopic (exact) mass is 254 g/mol. The molecule has 5 heteroatoms. The van der Waals surface area contributed by atoms with Crippen LogP contribution < -0.4 is 4.74 Å². The third-order valence-corrected chi connectivity index (χ3v) is 2.10. The molecule has 0 amide bonds. The van der Waals surface area contributed by atoms with Gasteiger partial charge in [-0.05, 0) is 30.7 Å². The summed E-state index contributed by atoms with van der Waals surface area (Å²) in [5.41, 5.74) is 0.460. The van der Waals surface area contributed by atoms with E-state index in [9.17, 15) is 9.18 Å². The number of methoxy groups -OCH3 is 1. The number of hydrogen-bond donors (Lipinski definition) is 1. The van der Waals surface area contributed by atoms with Gasteiger partial charge < -0.3 is 14.6 Å². The molecule has 0 radical (unpaired) electrons. The summed E-state index contributed by atoms with van der Waals surface area (Å²) in [5.74, 6) is -1.50. The third kappa shape index (κ3) is 4.55. The van der Waals surface area contributed by atoms with Crippen molar-refractivity contribution in [2.24, 2.45) is 0 Å². The van der Waals surface area contributed by atoms with E-state index in [1.54, 1.807) is 13.0 Å². The number of carboxylic acids is 1. The van der Waals surface area contributed by atoms with Gasteiger partial charge in [0.1, 0.15) is 6.10 Å². The average Bonchev–Trinajstić information content (AvgIpc) is 2.30. The number of carboxylic acid groups (broad SMARTS) is 1. The maximum absolute atomic E-state index is 13.6. The van der Waals surface area contributed by atoms with Crippen LogP contribution in [0.5, 0.6) is 5.75 Å². The van der Waals surface area contributed by atoms with Crippen molar-refractivity contribution in [1.29, 1.82) is 0 Å². The second-order valence-corrected chi connectivity index (χ2v) is 3.75. The van der Waals surface area contributed by atoms with Crippen LogP contribution in [-0.4, -0.2) is 30.9 Å². The molecule has 18 heavy (non-hydrogen) atoms. The zero-order valence-electron chi connectivity index (χ0n) is 10.2. The highest BCUT2D eigenvalue weighted by Crippen LogP contribution is 2.20. The van der Waals surface area contributed by atoms with Gasteiger partial charge in [0.2, 0.25) is 0 Å². The summed E-state index contributed by atoms with van der Waals surface area (Å²) in [5, 5.41) is 8.46. The Morgan fingerprint density at radius 2 is 2.28 bits per heavy atom. The Morgan fingerprint density at radius 1 is 1.56 bits per heavy atom. The molecular formula is C13H15FO4. The van der Waals surface area contributed by atoms with Crippen LogP contribution in [0.1, 0.15) is 12.5 Å². The lowest BCUT2D eigenvalue weighted by molar-refractivity contribution is -0.131. The Kier molecular flexibility index (Phi) is 5.32. The van der Waals surface area contributed by atoms with Crippen LogP contribution in [0.4, 0.5) is 4.39 Å². The van der Waals surface area contributed by atoms with Gasteiger partial charge in [-0.3, -0.25) is 0 Å². The topological polar surface area (TPSA) is 55.8 Å². The van der Waals surface area contributed by atoms with Crippen LogP contribution in [0.25, 0.3) is 6.08 Å². The molecule has 4 nitrogen and oxygen atoms in total. The molecule has 0 saturated heterocycles. The molecular weight excluding hydrogens is 239 g/mol. The van der Waals surface area contributed by atoms with Crippen molar-refractivity contribution in [2.75, 3.05) is 13.7 Å². The van der Waals surface area contributed by atoms with Gasteiger partial charge >= 0.3 is 5.97 Å². The molecule has 0 bridgehead atoms. The molecule has 98 valence electrons. The number of carbonyl (C=O) groups is 1. The number of aliphatic carboxylic acids is 1. The van der Waals surface area contributed by atoms with E-state index in [0.29, 0.717) is 12.2 Å². The minimum absolute atomic E-state index is 0.118. The summed E-state index contributed by atoms with van der Waals surface area (Å²) in [4.78, 5) is 10.3. The lowest BCUT2D eigenvalue weighted by Crippen LogP contribution is -2.18. The van der Waals surface area contributed by atoms with Crippen molar-refractivity contribution in [3.8, 4) is 5.75 Å². The SMILES string of the molecule is COCC(C)Oc1ccc(/C=C/C(=O)O)cc1F. The normalized spacial score (nSPS) is 12.6. The molecule has 0 heterocycles. The predicted molar refractivity (Wildman–Crippen MR) is 65.0 cm³/mol. The molecule has 1 aromatic rings. The van der Waals surface area contributed by atoms with E-state index >= 15 is 0 Å². The first-order valence-corrected chi connectivity index (χ1v) is 5.39. The summed E-state index contributed by atoms with van der Waals surface area (Å²) in [6.45, 7) is 2.13. The van der Waals surface area contributed by atoms with E-state index in [1.807, 2.05) is 0 Å². The molecule has 1 N–H and O–H groups in total. The minimum atomic E-state index is -1.08. The van der Waals surface area contributed by atoms with Crippen LogP contribution in [0.15, 0.2) is 24.3 Å². The molecule has 1 rings (SSSR count). The second kappa shape index (κ2) is 6.76. The van der Waals surface area contributed by atoms with E-state index < -0.39 is 11.8 Å². The van der Waals surface area contributed by atoms with Crippen molar-refractivity contribution < 1.29 is 23.8 Å². The van der Waals surface area contributed by atoms with Gasteiger partial charge in [-0.15, -0.1) is 0 Å². The lowest BCUT2D eigenvalue weighted by atomic mass is 10.2. The Balaban J connectivity index is 2.76. The summed E-state index contributed by atoms with van der Waals surface area (Å²) >= 11 is 0. The fourth-order valence-electron chi connectivity index (χ4n) is 1.37. The maximum atomic E-state index is 13.6. The van der Waals surface area contributed by atoms with Crippen LogP contribution >= 0.6 is 0 Å². The van der Waals surface area contributed by atoms with Gasteiger partial charge in [-0.2, -0.15) is 0 Å². The van der Waals surface area contributed by atoms with Gasteiger partial charge in [0.05, 0.1) is 6.61 Å². The highest BCUT2D eigenvalue weighted by molar-refractivity contribution is 5.85. The molecule has 1 unspecified atom stereocenters. The molecule has 0 spiro atoms. The Labute approximate surface area is 105 Å². The standard InChI is InChI=1S/C13H15FO4/c1-9(8-17-2)18-12-5-3-10(7-11(12)14)4-6-13(15)16/h3-7,9H,8H2,1-2H3,(H,15,16)/b6-4+. The van der Waals surface area contributed by atoms with Crippen molar-refractivity contribution >= 4 is 12.0 Å². The first-order chi connectivity index (χ1) is 8.52. The number of halogens is 1. The fourth-order valence-corrected chi connectivity index (χ4v) is 1.37. The minimum Gasteiger partial charge on any atom is -0.485 e. The van der Waals surface area contributed by atoms with Gasteiger partial charge in [-0.25, -0.2) is 9.18 Å². The van der Waals surface area contributed by atoms with Crippen LogP contribution in [-0.2, 0) is 9.53 Å². The zero-order chi connectivity index (χ0) is 13.5. The molecule has 1 atom stereocenters. The van der Waals surface area contributed by atoms with Gasteiger partial charge in [0, 0.05) is 13.2 Å². The van der Waals surface area contributed by atoms with E-state index in [-0.39, 0.29) is 11.9 Å². The van der Waals surface area contributed by atoms with E-state index in [2.05, 4.69) is 0 Å². The Morgan fingerprint density at radius 3 is 2.83 bits per heavy atom. The van der Waals surface area contributed by atoms with Crippen LogP contribution in [0.2, 0.25) is 0 Å². The number of hydrogen-bond acceptors (Lipinski definition) is 3. The zero-order valence-corrected chi connectivity index (χ0v) is 10.2. The predicted octanol–water partition coefficient (Wildman–Crippen LogP) is 2.34. The van der Waals surface area contributed by atoms with E-state index in [1.165, 1.54) is 25.3 Å². The molecule has 0 aliphatic heterocycles. The first-order valence-electron chi connectivity index (χ1n) is 5.39. The summed E-state index contributed by atoms with van der Waals surface area (Å²) < 4.78 is 23.8. The van der Waals surface area contributed by atoms with Crippen molar-refractivity contribution in [2.45, 2.75) is 13.0 Å². The van der Waals surface area contributed by atoms with Crippen molar-refractivity contribution in [3.63, 3.8) is 0 Å². The van der Waals surface area contributed by atoms with Gasteiger partial charge in [0.15, 0.2) is 11.6 Å². The highest BCUT2D eigenvalue weighted by Gasteiger charge is 2.08. The van der Waals surface area contributed by atoms with Crippen molar-refractivity contribution in [1.82, 2.24) is 0 Å². The molecule has 1 aromatic carbocycles. The highest BCUT2D eigenvalue weighted by atomic mass is 19.1. The fraction of sp³-hybridized carbons (Fsp3) is 0.308. The molecule has 0 fully saturated rings. The number of benzene rings is 1. The first kappa shape index (κ1) is 14.2. The number of ether oxygens (including phenoxy) is 2. The molecule has 0 aromatic heterocycles. The molecule has 0 aliphatic carbocycles. The summed E-state index contributed by atoms with van der Waals surface area (Å²) in [6.07, 6.45) is 2.00. The summed E-state index contributed by atoms with van der Waals surface area (Å²) in [6, 6.07) is 4.26. The smallest absolute Gasteiger partial charge is 0.328 e. The Bertz CT molecular complexity index is 443. The third-order valence-electron chi connectivity index (χ3n) is 2.10. The quantitative estimate of drug-likeness (QED) is 0.792. The molecule has 0 saturated carbocycles.